The van der Waals surface area contributed by atoms with Crippen LogP contribution in [0.1, 0.15) is 42.3 Å². The van der Waals surface area contributed by atoms with Crippen molar-refractivity contribution in [1.82, 2.24) is 19.9 Å². The molecular weight excluding hydrogens is 623 g/mol. The number of hydrogen-bond acceptors (Lipinski definition) is 6. The molecular formula is C31H35ClF3N9S. The van der Waals surface area contributed by atoms with Crippen molar-refractivity contribution in [2.45, 2.75) is 45.3 Å². The molecule has 4 aromatic rings. The minimum atomic E-state index is -4.55. The molecule has 1 aliphatic heterocycles. The van der Waals surface area contributed by atoms with Gasteiger partial charge in [0.15, 0.2) is 5.11 Å². The van der Waals surface area contributed by atoms with Gasteiger partial charge in [0.2, 0.25) is 5.95 Å². The Kier molecular flexibility index (Phi) is 9.80. The van der Waals surface area contributed by atoms with Gasteiger partial charge in [0.1, 0.15) is 11.7 Å². The second-order valence-electron chi connectivity index (χ2n) is 11.2. The Bertz CT molecular complexity index is 1710. The summed E-state index contributed by atoms with van der Waals surface area (Å²) in [7, 11) is 0. The van der Waals surface area contributed by atoms with Crippen molar-refractivity contribution in [1.29, 1.82) is 5.41 Å². The first-order chi connectivity index (χ1) is 21.4. The number of nitrogens with zero attached hydrogens (tertiary/aromatic N) is 3. The lowest BCUT2D eigenvalue weighted by Gasteiger charge is -2.26. The highest BCUT2D eigenvalue weighted by atomic mass is 35.5. The quantitative estimate of drug-likeness (QED) is 0.0625. The normalized spacial score (nSPS) is 16.1. The molecule has 1 saturated heterocycles. The maximum atomic E-state index is 13.1. The molecule has 0 amide bonds. The Hall–Kier alpha value is -3.94. The van der Waals surface area contributed by atoms with Gasteiger partial charge in [-0.3, -0.25) is 5.41 Å². The van der Waals surface area contributed by atoms with Crippen LogP contribution in [-0.4, -0.2) is 56.5 Å². The zero-order valence-corrected chi connectivity index (χ0v) is 26.4. The zero-order chi connectivity index (χ0) is 32.3. The molecule has 238 valence electrons. The van der Waals surface area contributed by atoms with Gasteiger partial charge in [0, 0.05) is 52.2 Å². The number of nitrogens with one attached hydrogen (secondary N) is 5. The van der Waals surface area contributed by atoms with E-state index in [1.165, 1.54) is 12.1 Å². The molecule has 1 aliphatic rings. The van der Waals surface area contributed by atoms with E-state index in [1.54, 1.807) is 0 Å². The van der Waals surface area contributed by atoms with E-state index in [1.807, 2.05) is 31.2 Å². The minimum Gasteiger partial charge on any atom is -0.384 e. The first kappa shape index (κ1) is 32.5. The highest BCUT2D eigenvalue weighted by Gasteiger charge is 2.33. The number of aromatic nitrogens is 3. The summed E-state index contributed by atoms with van der Waals surface area (Å²) in [6.45, 7) is 7.06. The third-order valence-corrected chi connectivity index (χ3v) is 8.50. The van der Waals surface area contributed by atoms with Crippen molar-refractivity contribution in [2.24, 2.45) is 11.7 Å². The fraction of sp³-hybridized carbons (Fsp3) is 0.355. The summed E-state index contributed by atoms with van der Waals surface area (Å²) in [5.74, 6) is 1.36. The third kappa shape index (κ3) is 8.21. The molecule has 7 N–H and O–H groups in total. The van der Waals surface area contributed by atoms with E-state index >= 15 is 0 Å². The van der Waals surface area contributed by atoms with Gasteiger partial charge in [-0.05, 0) is 99.9 Å². The Morgan fingerprint density at radius 1 is 1.18 bits per heavy atom. The lowest BCUT2D eigenvalue weighted by Crippen LogP contribution is -2.33. The number of halogens is 4. The number of nitrogen functional groups attached to an aromatic ring is 1. The van der Waals surface area contributed by atoms with Gasteiger partial charge in [-0.1, -0.05) is 18.5 Å². The average Bonchev–Trinajstić information content (AvgIpc) is 3.60. The number of alkyl halides is 3. The van der Waals surface area contributed by atoms with Crippen LogP contribution in [0.2, 0.25) is 5.02 Å². The molecule has 14 heteroatoms. The molecule has 0 aliphatic carbocycles. The van der Waals surface area contributed by atoms with Gasteiger partial charge in [-0.25, -0.2) is 4.98 Å². The third-order valence-electron chi connectivity index (χ3n) is 7.98. The number of aromatic amines is 1. The lowest BCUT2D eigenvalue weighted by molar-refractivity contribution is -0.137. The zero-order valence-electron chi connectivity index (χ0n) is 24.9. The van der Waals surface area contributed by atoms with Crippen LogP contribution >= 0.6 is 23.8 Å². The molecule has 2 unspecified atom stereocenters. The molecule has 2 atom stereocenters. The average molecular weight is 658 g/mol. The summed E-state index contributed by atoms with van der Waals surface area (Å²) in [5.41, 5.74) is 8.57. The number of nitrogens with two attached hydrogens (primary N) is 1. The second kappa shape index (κ2) is 13.6. The number of anilines is 3. The van der Waals surface area contributed by atoms with Crippen molar-refractivity contribution in [3.8, 4) is 0 Å². The molecule has 9 nitrogen and oxygen atoms in total. The SMILES string of the molecule is CCN1CCC(C(CCc2cc3cc(C(=N)N)ccc3[nH]2)Nc2cc(C)nc(NC(=S)Nc3ccc(C(F)(F)F)c(Cl)c3)n2)C1. The van der Waals surface area contributed by atoms with E-state index in [9.17, 15) is 13.2 Å². The van der Waals surface area contributed by atoms with Crippen LogP contribution in [0.25, 0.3) is 10.9 Å². The number of aryl methyl sites for hydroxylation is 2. The summed E-state index contributed by atoms with van der Waals surface area (Å²) in [5, 5.41) is 17.9. The number of likely N-dealkylation sites (tertiary alicyclic amines) is 1. The van der Waals surface area contributed by atoms with Gasteiger partial charge >= 0.3 is 6.18 Å². The summed E-state index contributed by atoms with van der Waals surface area (Å²) in [4.78, 5) is 15.0. The van der Waals surface area contributed by atoms with E-state index in [0.29, 0.717) is 28.7 Å². The summed E-state index contributed by atoms with van der Waals surface area (Å²) in [6.07, 6.45) is -1.81. The topological polar surface area (TPSA) is 131 Å². The Labute approximate surface area is 269 Å². The Balaban J connectivity index is 1.29. The van der Waals surface area contributed by atoms with Crippen molar-refractivity contribution >= 4 is 63.1 Å². The number of thiocarbonyl (C=S) groups is 1. The van der Waals surface area contributed by atoms with Gasteiger partial charge in [-0.2, -0.15) is 18.2 Å². The van der Waals surface area contributed by atoms with E-state index in [-0.39, 0.29) is 22.9 Å². The molecule has 0 spiro atoms. The van der Waals surface area contributed by atoms with Crippen LogP contribution in [0.4, 0.5) is 30.6 Å². The predicted molar refractivity (Wildman–Crippen MR) is 178 cm³/mol. The van der Waals surface area contributed by atoms with Crippen LogP contribution in [0, 0.1) is 18.3 Å². The molecule has 1 fully saturated rings. The monoisotopic (exact) mass is 657 g/mol. The highest BCUT2D eigenvalue weighted by molar-refractivity contribution is 7.80. The number of amidine groups is 1. The highest BCUT2D eigenvalue weighted by Crippen LogP contribution is 2.36. The van der Waals surface area contributed by atoms with Crippen molar-refractivity contribution in [3.05, 3.63) is 76.1 Å². The lowest BCUT2D eigenvalue weighted by atomic mass is 9.94. The first-order valence-electron chi connectivity index (χ1n) is 14.6. The molecule has 0 saturated carbocycles. The summed E-state index contributed by atoms with van der Waals surface area (Å²) >= 11 is 11.2. The predicted octanol–water partition coefficient (Wildman–Crippen LogP) is 6.79. The first-order valence-corrected chi connectivity index (χ1v) is 15.4. The van der Waals surface area contributed by atoms with Gasteiger partial charge < -0.3 is 31.6 Å². The molecule has 2 aromatic carbocycles. The van der Waals surface area contributed by atoms with Crippen LogP contribution in [0.5, 0.6) is 0 Å². The maximum Gasteiger partial charge on any atom is 0.417 e. The van der Waals surface area contributed by atoms with Gasteiger partial charge in [-0.15, -0.1) is 0 Å². The molecule has 45 heavy (non-hydrogen) atoms. The smallest absolute Gasteiger partial charge is 0.384 e. The van der Waals surface area contributed by atoms with E-state index in [4.69, 9.17) is 35.0 Å². The maximum absolute atomic E-state index is 13.1. The largest absolute Gasteiger partial charge is 0.417 e. The van der Waals surface area contributed by atoms with Crippen LogP contribution in [-0.2, 0) is 12.6 Å². The summed E-state index contributed by atoms with van der Waals surface area (Å²) in [6, 6.07) is 13.2. The minimum absolute atomic E-state index is 0.0418. The van der Waals surface area contributed by atoms with Gasteiger partial charge in [0.05, 0.1) is 10.6 Å². The van der Waals surface area contributed by atoms with E-state index < -0.39 is 16.8 Å². The number of fused-ring (bicyclic) bond motifs is 1. The van der Waals surface area contributed by atoms with Crippen LogP contribution < -0.4 is 21.7 Å². The van der Waals surface area contributed by atoms with Crippen molar-refractivity contribution < 1.29 is 13.2 Å². The number of rotatable bonds is 10. The van der Waals surface area contributed by atoms with E-state index in [0.717, 1.165) is 61.6 Å². The molecule has 0 bridgehead atoms. The van der Waals surface area contributed by atoms with Crippen molar-refractivity contribution in [3.63, 3.8) is 0 Å². The number of benzene rings is 2. The summed E-state index contributed by atoms with van der Waals surface area (Å²) < 4.78 is 39.2. The molecule has 5 rings (SSSR count). The van der Waals surface area contributed by atoms with Crippen LogP contribution in [0.15, 0.2) is 48.5 Å². The fourth-order valence-corrected chi connectivity index (χ4v) is 6.18. The molecule has 0 radical (unpaired) electrons. The Morgan fingerprint density at radius 3 is 2.67 bits per heavy atom. The van der Waals surface area contributed by atoms with E-state index in [2.05, 4.69) is 48.8 Å². The van der Waals surface area contributed by atoms with Gasteiger partial charge in [0.25, 0.3) is 0 Å². The van der Waals surface area contributed by atoms with Crippen LogP contribution in [0.3, 0.4) is 0 Å². The molecule has 3 heterocycles. The fourth-order valence-electron chi connectivity index (χ4n) is 5.68. The molecule has 2 aromatic heterocycles. The Morgan fingerprint density at radius 2 is 1.98 bits per heavy atom. The number of H-pyrrole nitrogens is 1. The standard InChI is InChI=1S/C31H35ClF3N9S/c1-3-44-11-10-19(16-44)25(9-6-21-14-20-13-18(28(36)37)4-8-26(20)39-21)41-27-12-17(2)38-29(42-27)43-30(45)40-22-5-7-23(24(32)15-22)31(33,34)35/h4-5,7-8,12-15,19,25,39H,3,6,9-11,16H2,1-2H3,(H3,36,37)(H3,38,40,41,42,43,45). The number of hydrogen-bond donors (Lipinski definition) is 6. The van der Waals surface area contributed by atoms with Crippen molar-refractivity contribution in [2.75, 3.05) is 35.6 Å². The second-order valence-corrected chi connectivity index (χ2v) is 12.0.